The topological polar surface area (TPSA) is 67.9 Å². The van der Waals surface area contributed by atoms with Gasteiger partial charge in [-0.3, -0.25) is 4.90 Å². The summed E-state index contributed by atoms with van der Waals surface area (Å²) in [6.45, 7) is 3.75. The summed E-state index contributed by atoms with van der Waals surface area (Å²) in [5.74, 6) is -0.564. The molecule has 2 amide bonds. The Labute approximate surface area is 168 Å². The number of carbonyl (C=O) groups excluding carboxylic acids is 2. The molecule has 0 bridgehead atoms. The van der Waals surface area contributed by atoms with E-state index in [2.05, 4.69) is 5.32 Å². The van der Waals surface area contributed by atoms with Crippen molar-refractivity contribution in [2.45, 2.75) is 19.9 Å². The number of likely N-dealkylation sites (N-methyl/N-ethyl adjacent to an activating group) is 1. The summed E-state index contributed by atoms with van der Waals surface area (Å²) in [4.78, 5) is 26.6. The largest absolute Gasteiger partial charge is 0.487 e. The minimum atomic E-state index is -0.976. The maximum absolute atomic E-state index is 14.5. The van der Waals surface area contributed by atoms with E-state index in [1.807, 2.05) is 19.1 Å². The highest BCUT2D eigenvalue weighted by atomic mass is 19.1. The zero-order valence-corrected chi connectivity index (χ0v) is 16.6. The Bertz CT molecular complexity index is 940. The molecule has 1 heterocycles. The average molecular weight is 398 g/mol. The third-order valence-corrected chi connectivity index (χ3v) is 4.69. The number of ether oxygens (including phenoxy) is 2. The molecule has 1 aliphatic rings. The first kappa shape index (κ1) is 20.4. The van der Waals surface area contributed by atoms with Gasteiger partial charge in [0, 0.05) is 12.6 Å². The molecule has 7 heteroatoms. The van der Waals surface area contributed by atoms with Crippen LogP contribution in [0.3, 0.4) is 0 Å². The van der Waals surface area contributed by atoms with Gasteiger partial charge in [0.05, 0.1) is 23.9 Å². The van der Waals surface area contributed by atoms with Gasteiger partial charge in [-0.05, 0) is 32.0 Å². The second-order valence-corrected chi connectivity index (χ2v) is 6.65. The molecule has 3 rings (SSSR count). The molecule has 0 aromatic heterocycles. The van der Waals surface area contributed by atoms with Crippen LogP contribution in [0.2, 0.25) is 0 Å². The molecule has 1 atom stereocenters. The number of aryl methyl sites for hydroxylation is 1. The number of hydrogen-bond donors (Lipinski definition) is 1. The number of urea groups is 1. The van der Waals surface area contributed by atoms with Crippen molar-refractivity contribution >= 4 is 12.0 Å². The van der Waals surface area contributed by atoms with Gasteiger partial charge in [-0.25, -0.2) is 14.0 Å². The van der Waals surface area contributed by atoms with Crippen molar-refractivity contribution in [1.29, 1.82) is 0 Å². The number of hydrogen-bond acceptors (Lipinski definition) is 4. The standard InChI is InChI=1S/C22H23FN2O4/c1-4-28-21(26)19-18(13-29-15-11-9-14(2)10-12-15)25(3)22(27)24-20(19)16-7-5-6-8-17(16)23/h5-12,20H,4,13H2,1-3H3,(H,24,27)/t20-/m0/s1. The van der Waals surface area contributed by atoms with Crippen LogP contribution in [0, 0.1) is 12.7 Å². The van der Waals surface area contributed by atoms with E-state index in [1.54, 1.807) is 31.2 Å². The Hall–Kier alpha value is -3.35. The lowest BCUT2D eigenvalue weighted by Gasteiger charge is -2.34. The molecular weight excluding hydrogens is 375 g/mol. The molecule has 0 saturated heterocycles. The van der Waals surface area contributed by atoms with E-state index in [4.69, 9.17) is 9.47 Å². The highest BCUT2D eigenvalue weighted by Crippen LogP contribution is 2.32. The number of benzene rings is 2. The van der Waals surface area contributed by atoms with Crippen LogP contribution in [-0.4, -0.2) is 37.2 Å². The first-order valence-electron chi connectivity index (χ1n) is 9.30. The van der Waals surface area contributed by atoms with Gasteiger partial charge in [0.2, 0.25) is 0 Å². The molecule has 0 saturated carbocycles. The molecule has 0 aliphatic carbocycles. The van der Waals surface area contributed by atoms with E-state index in [-0.39, 0.29) is 24.4 Å². The van der Waals surface area contributed by atoms with Crippen LogP contribution >= 0.6 is 0 Å². The van der Waals surface area contributed by atoms with Crippen molar-refractivity contribution in [1.82, 2.24) is 10.2 Å². The number of halogens is 1. The van der Waals surface area contributed by atoms with Gasteiger partial charge in [-0.1, -0.05) is 35.9 Å². The maximum Gasteiger partial charge on any atom is 0.338 e. The zero-order chi connectivity index (χ0) is 21.0. The Kier molecular flexibility index (Phi) is 6.16. The summed E-state index contributed by atoms with van der Waals surface area (Å²) < 4.78 is 25.5. The zero-order valence-electron chi connectivity index (χ0n) is 16.6. The molecule has 2 aromatic carbocycles. The summed E-state index contributed by atoms with van der Waals surface area (Å²) in [6.07, 6.45) is 0. The van der Waals surface area contributed by atoms with Gasteiger partial charge in [-0.15, -0.1) is 0 Å². The van der Waals surface area contributed by atoms with Gasteiger partial charge >= 0.3 is 12.0 Å². The SMILES string of the molecule is CCOC(=O)C1=C(COc2ccc(C)cc2)N(C)C(=O)N[C@H]1c1ccccc1F. The monoisotopic (exact) mass is 398 g/mol. The Morgan fingerprint density at radius 3 is 2.52 bits per heavy atom. The predicted molar refractivity (Wildman–Crippen MR) is 106 cm³/mol. The first-order valence-corrected chi connectivity index (χ1v) is 9.30. The van der Waals surface area contributed by atoms with Gasteiger partial charge < -0.3 is 14.8 Å². The summed E-state index contributed by atoms with van der Waals surface area (Å²) in [6, 6.07) is 12.0. The normalized spacial score (nSPS) is 16.5. The molecule has 2 aromatic rings. The number of amides is 2. The molecule has 0 spiro atoms. The number of rotatable bonds is 6. The van der Waals surface area contributed by atoms with Crippen LogP contribution in [-0.2, 0) is 9.53 Å². The lowest BCUT2D eigenvalue weighted by Crippen LogP contribution is -2.48. The van der Waals surface area contributed by atoms with Crippen LogP contribution in [0.4, 0.5) is 9.18 Å². The highest BCUT2D eigenvalue weighted by molar-refractivity contribution is 5.95. The van der Waals surface area contributed by atoms with Crippen molar-refractivity contribution < 1.29 is 23.5 Å². The molecule has 1 aliphatic heterocycles. The average Bonchev–Trinajstić information content (AvgIpc) is 2.70. The van der Waals surface area contributed by atoms with Crippen LogP contribution in [0.1, 0.15) is 24.1 Å². The fourth-order valence-electron chi connectivity index (χ4n) is 3.11. The molecule has 0 unspecified atom stereocenters. The minimum Gasteiger partial charge on any atom is -0.487 e. The van der Waals surface area contributed by atoms with Crippen LogP contribution in [0.15, 0.2) is 59.8 Å². The fourth-order valence-corrected chi connectivity index (χ4v) is 3.11. The Morgan fingerprint density at radius 2 is 1.86 bits per heavy atom. The summed E-state index contributed by atoms with van der Waals surface area (Å²) in [5, 5.41) is 2.68. The van der Waals surface area contributed by atoms with E-state index in [1.165, 1.54) is 24.1 Å². The summed E-state index contributed by atoms with van der Waals surface area (Å²) in [5.41, 5.74) is 1.73. The molecule has 29 heavy (non-hydrogen) atoms. The molecule has 0 fully saturated rings. The second-order valence-electron chi connectivity index (χ2n) is 6.65. The lowest BCUT2D eigenvalue weighted by atomic mass is 9.94. The van der Waals surface area contributed by atoms with E-state index in [9.17, 15) is 14.0 Å². The number of nitrogens with zero attached hydrogens (tertiary/aromatic N) is 1. The van der Waals surface area contributed by atoms with Crippen molar-refractivity contribution in [3.63, 3.8) is 0 Å². The van der Waals surface area contributed by atoms with Crippen molar-refractivity contribution in [2.24, 2.45) is 0 Å². The molecule has 0 radical (unpaired) electrons. The third kappa shape index (κ3) is 4.39. The van der Waals surface area contributed by atoms with E-state index >= 15 is 0 Å². The van der Waals surface area contributed by atoms with E-state index in [0.29, 0.717) is 11.4 Å². The van der Waals surface area contributed by atoms with Crippen LogP contribution in [0.5, 0.6) is 5.75 Å². The fraction of sp³-hybridized carbons (Fsp3) is 0.273. The van der Waals surface area contributed by atoms with Crippen molar-refractivity contribution in [2.75, 3.05) is 20.3 Å². The third-order valence-electron chi connectivity index (χ3n) is 4.69. The molecule has 6 nitrogen and oxygen atoms in total. The maximum atomic E-state index is 14.5. The van der Waals surface area contributed by atoms with Gasteiger partial charge in [0.15, 0.2) is 0 Å². The second kappa shape index (κ2) is 8.77. The number of esters is 1. The van der Waals surface area contributed by atoms with E-state index in [0.717, 1.165) is 5.56 Å². The summed E-state index contributed by atoms with van der Waals surface area (Å²) in [7, 11) is 1.53. The Morgan fingerprint density at radius 1 is 1.17 bits per heavy atom. The van der Waals surface area contributed by atoms with Gasteiger partial charge in [0.25, 0.3) is 0 Å². The number of nitrogens with one attached hydrogen (secondary N) is 1. The molecule has 152 valence electrons. The smallest absolute Gasteiger partial charge is 0.338 e. The molecule has 1 N–H and O–H groups in total. The predicted octanol–water partition coefficient (Wildman–Crippen LogP) is 3.73. The van der Waals surface area contributed by atoms with Crippen molar-refractivity contribution in [3.05, 3.63) is 76.7 Å². The van der Waals surface area contributed by atoms with Gasteiger partial charge in [-0.2, -0.15) is 0 Å². The minimum absolute atomic E-state index is 0.0495. The molecular formula is C22H23FN2O4. The van der Waals surface area contributed by atoms with Crippen molar-refractivity contribution in [3.8, 4) is 5.75 Å². The van der Waals surface area contributed by atoms with Gasteiger partial charge in [0.1, 0.15) is 18.2 Å². The highest BCUT2D eigenvalue weighted by Gasteiger charge is 2.38. The van der Waals surface area contributed by atoms with E-state index < -0.39 is 23.9 Å². The lowest BCUT2D eigenvalue weighted by molar-refractivity contribution is -0.139. The Balaban J connectivity index is 2.04. The quantitative estimate of drug-likeness (QED) is 0.753. The first-order chi connectivity index (χ1) is 13.9. The van der Waals surface area contributed by atoms with Crippen LogP contribution in [0.25, 0.3) is 0 Å². The summed E-state index contributed by atoms with van der Waals surface area (Å²) >= 11 is 0. The van der Waals surface area contributed by atoms with Crippen LogP contribution < -0.4 is 10.1 Å². The number of carbonyl (C=O) groups is 2.